The highest BCUT2D eigenvalue weighted by Gasteiger charge is 2.21. The fourth-order valence-electron chi connectivity index (χ4n) is 4.89. The number of hydrogen-bond acceptors (Lipinski definition) is 2. The first-order valence-electron chi connectivity index (χ1n) is 11.9. The summed E-state index contributed by atoms with van der Waals surface area (Å²) in [5.41, 5.74) is 5.33. The van der Waals surface area contributed by atoms with E-state index in [1.54, 1.807) is 18.2 Å². The lowest BCUT2D eigenvalue weighted by molar-refractivity contribution is 0.0696. The first-order chi connectivity index (χ1) is 17.5. The molecule has 0 radical (unpaired) electrons. The number of aliphatic hydroxyl groups is 1. The van der Waals surface area contributed by atoms with Gasteiger partial charge >= 0.3 is 5.97 Å². The molecule has 2 N–H and O–H groups in total. The molecule has 0 spiro atoms. The van der Waals surface area contributed by atoms with Crippen LogP contribution in [0.3, 0.4) is 0 Å². The van der Waals surface area contributed by atoms with Crippen LogP contribution in [0.15, 0.2) is 109 Å². The van der Waals surface area contributed by atoms with Crippen molar-refractivity contribution in [3.63, 3.8) is 0 Å². The number of halogens is 1. The highest BCUT2D eigenvalue weighted by Crippen LogP contribution is 2.34. The SMILES string of the molecule is O=C(O)c1cccc(CC(O)Cc2cn(C(c3ccccc3)c3ccccc3)c3cc(Cl)ccc23)c1. The zero-order chi connectivity index (χ0) is 25.1. The number of rotatable bonds is 8. The van der Waals surface area contributed by atoms with Crippen molar-refractivity contribution < 1.29 is 15.0 Å². The van der Waals surface area contributed by atoms with Crippen molar-refractivity contribution in [2.45, 2.75) is 25.0 Å². The van der Waals surface area contributed by atoms with Crippen molar-refractivity contribution >= 4 is 28.5 Å². The Balaban J connectivity index is 1.54. The molecule has 1 aromatic heterocycles. The van der Waals surface area contributed by atoms with E-state index in [-0.39, 0.29) is 11.6 Å². The fraction of sp³-hybridized carbons (Fsp3) is 0.129. The van der Waals surface area contributed by atoms with Crippen LogP contribution in [0.5, 0.6) is 0 Å². The normalized spacial score (nSPS) is 12.2. The molecule has 4 aromatic carbocycles. The molecule has 0 aliphatic carbocycles. The van der Waals surface area contributed by atoms with Gasteiger partial charge < -0.3 is 14.8 Å². The summed E-state index contributed by atoms with van der Waals surface area (Å²) in [6.45, 7) is 0. The average Bonchev–Trinajstić information content (AvgIpc) is 3.22. The number of benzene rings is 4. The van der Waals surface area contributed by atoms with Gasteiger partial charge in [-0.15, -0.1) is 0 Å². The van der Waals surface area contributed by atoms with Crippen molar-refractivity contribution in [3.8, 4) is 0 Å². The van der Waals surface area contributed by atoms with Gasteiger partial charge in [0.15, 0.2) is 0 Å². The molecule has 0 saturated heterocycles. The Morgan fingerprint density at radius 1 is 0.806 bits per heavy atom. The Hall–Kier alpha value is -3.86. The van der Waals surface area contributed by atoms with Crippen molar-refractivity contribution in [2.24, 2.45) is 0 Å². The molecule has 5 heteroatoms. The Morgan fingerprint density at radius 2 is 1.47 bits per heavy atom. The molecule has 5 rings (SSSR count). The van der Waals surface area contributed by atoms with Crippen molar-refractivity contribution in [2.75, 3.05) is 0 Å². The Morgan fingerprint density at radius 3 is 2.11 bits per heavy atom. The summed E-state index contributed by atoms with van der Waals surface area (Å²) in [6.07, 6.45) is 2.24. The van der Waals surface area contributed by atoms with E-state index in [1.807, 2.05) is 60.7 Å². The van der Waals surface area contributed by atoms with Gasteiger partial charge in [-0.25, -0.2) is 4.79 Å². The molecule has 0 fully saturated rings. The van der Waals surface area contributed by atoms with E-state index >= 15 is 0 Å². The lowest BCUT2D eigenvalue weighted by Crippen LogP contribution is -2.14. The summed E-state index contributed by atoms with van der Waals surface area (Å²) in [6, 6.07) is 33.2. The number of carboxylic acid groups (broad SMARTS) is 1. The number of carbonyl (C=O) groups is 1. The van der Waals surface area contributed by atoms with Crippen molar-refractivity contribution in [3.05, 3.63) is 142 Å². The number of aliphatic hydroxyl groups excluding tert-OH is 1. The number of aromatic nitrogens is 1. The van der Waals surface area contributed by atoms with Crippen LogP contribution in [-0.2, 0) is 12.8 Å². The fourth-order valence-corrected chi connectivity index (χ4v) is 5.05. The van der Waals surface area contributed by atoms with Crippen LogP contribution in [0, 0.1) is 0 Å². The van der Waals surface area contributed by atoms with Gasteiger partial charge in [0.25, 0.3) is 0 Å². The number of fused-ring (bicyclic) bond motifs is 1. The second kappa shape index (κ2) is 10.4. The van der Waals surface area contributed by atoms with Gasteiger partial charge in [-0.1, -0.05) is 90.5 Å². The topological polar surface area (TPSA) is 62.5 Å². The van der Waals surface area contributed by atoms with Gasteiger partial charge in [-0.3, -0.25) is 0 Å². The maximum absolute atomic E-state index is 11.3. The van der Waals surface area contributed by atoms with Gasteiger partial charge in [0.1, 0.15) is 0 Å². The first kappa shape index (κ1) is 23.9. The van der Waals surface area contributed by atoms with Crippen LogP contribution in [0.2, 0.25) is 5.02 Å². The lowest BCUT2D eigenvalue weighted by atomic mass is 9.98. The standard InChI is InChI=1S/C31H26ClNO3/c32-26-14-15-28-25(18-27(34)17-21-8-7-13-24(16-21)31(35)36)20-33(29(28)19-26)30(22-9-3-1-4-10-22)23-11-5-2-6-12-23/h1-16,19-20,27,30,34H,17-18H2,(H,35,36). The molecule has 0 saturated carbocycles. The predicted octanol–water partition coefficient (Wildman–Crippen LogP) is 6.78. The largest absolute Gasteiger partial charge is 0.478 e. The third-order valence-corrected chi connectivity index (χ3v) is 6.72. The van der Waals surface area contributed by atoms with Crippen LogP contribution in [0.25, 0.3) is 10.9 Å². The molecule has 36 heavy (non-hydrogen) atoms. The summed E-state index contributed by atoms with van der Waals surface area (Å²) in [7, 11) is 0. The Bertz CT molecular complexity index is 1460. The molecule has 0 amide bonds. The second-order valence-corrected chi connectivity index (χ2v) is 9.45. The van der Waals surface area contributed by atoms with E-state index in [9.17, 15) is 15.0 Å². The molecule has 0 aliphatic heterocycles. The van der Waals surface area contributed by atoms with Crippen LogP contribution < -0.4 is 0 Å². The predicted molar refractivity (Wildman–Crippen MR) is 144 cm³/mol. The number of hydrogen-bond donors (Lipinski definition) is 2. The smallest absolute Gasteiger partial charge is 0.335 e. The molecule has 0 bridgehead atoms. The van der Waals surface area contributed by atoms with Gasteiger partial charge in [0.2, 0.25) is 0 Å². The van der Waals surface area contributed by atoms with E-state index in [4.69, 9.17) is 11.6 Å². The first-order valence-corrected chi connectivity index (χ1v) is 12.3. The van der Waals surface area contributed by atoms with Crippen LogP contribution >= 0.6 is 11.6 Å². The van der Waals surface area contributed by atoms with Crippen LogP contribution in [0.4, 0.5) is 0 Å². The van der Waals surface area contributed by atoms with E-state index in [0.717, 1.165) is 33.2 Å². The molecule has 1 atom stereocenters. The Labute approximate surface area is 215 Å². The third kappa shape index (κ3) is 5.06. The summed E-state index contributed by atoms with van der Waals surface area (Å²) >= 11 is 6.44. The monoisotopic (exact) mass is 495 g/mol. The molecule has 0 aliphatic rings. The maximum atomic E-state index is 11.3. The summed E-state index contributed by atoms with van der Waals surface area (Å²) in [5, 5.41) is 22.0. The zero-order valence-electron chi connectivity index (χ0n) is 19.6. The number of aromatic carboxylic acids is 1. The molecule has 1 heterocycles. The van der Waals surface area contributed by atoms with Gasteiger partial charge in [0, 0.05) is 23.0 Å². The second-order valence-electron chi connectivity index (χ2n) is 9.01. The maximum Gasteiger partial charge on any atom is 0.335 e. The molecular formula is C31H26ClNO3. The van der Waals surface area contributed by atoms with Gasteiger partial charge in [0.05, 0.1) is 23.2 Å². The van der Waals surface area contributed by atoms with Crippen molar-refractivity contribution in [1.82, 2.24) is 4.57 Å². The molecule has 5 aromatic rings. The summed E-state index contributed by atoms with van der Waals surface area (Å²) < 4.78 is 2.24. The molecular weight excluding hydrogens is 470 g/mol. The number of nitrogens with zero attached hydrogens (tertiary/aromatic N) is 1. The van der Waals surface area contributed by atoms with Crippen molar-refractivity contribution in [1.29, 1.82) is 0 Å². The molecule has 4 nitrogen and oxygen atoms in total. The number of carboxylic acids is 1. The summed E-state index contributed by atoms with van der Waals surface area (Å²) in [5.74, 6) is -0.973. The van der Waals surface area contributed by atoms with Crippen LogP contribution in [-0.4, -0.2) is 26.9 Å². The van der Waals surface area contributed by atoms with Gasteiger partial charge in [-0.05, 0) is 52.9 Å². The lowest BCUT2D eigenvalue weighted by Gasteiger charge is -2.21. The average molecular weight is 496 g/mol. The van der Waals surface area contributed by atoms with Gasteiger partial charge in [-0.2, -0.15) is 0 Å². The summed E-state index contributed by atoms with van der Waals surface area (Å²) in [4.78, 5) is 11.3. The molecule has 180 valence electrons. The molecule has 1 unspecified atom stereocenters. The Kier molecular flexibility index (Phi) is 6.90. The third-order valence-electron chi connectivity index (χ3n) is 6.49. The minimum Gasteiger partial charge on any atom is -0.478 e. The van der Waals surface area contributed by atoms with E-state index in [1.165, 1.54) is 0 Å². The van der Waals surface area contributed by atoms with E-state index in [2.05, 4.69) is 35.0 Å². The minimum atomic E-state index is -0.973. The highest BCUT2D eigenvalue weighted by molar-refractivity contribution is 6.31. The quantitative estimate of drug-likeness (QED) is 0.249. The minimum absolute atomic E-state index is 0.0634. The highest BCUT2D eigenvalue weighted by atomic mass is 35.5. The zero-order valence-corrected chi connectivity index (χ0v) is 20.3. The van der Waals surface area contributed by atoms with Crippen LogP contribution in [0.1, 0.15) is 38.7 Å². The van der Waals surface area contributed by atoms with E-state index < -0.39 is 12.1 Å². The van der Waals surface area contributed by atoms with E-state index in [0.29, 0.717) is 17.9 Å².